The molecule has 20 heavy (non-hydrogen) atoms. The largest absolute Gasteiger partial charge is 0.372 e. The standard InChI is InChI=1S/C15H22N4O/c1-19-14(5-7-18-19)15-13(3-2-8-20-15)11-17-10-12-4-6-16-9-12/h4-7,9,13,15-17H,2-3,8,10-11H2,1H3/t13-,15+/m0/s1. The van der Waals surface area contributed by atoms with Gasteiger partial charge in [0.25, 0.3) is 0 Å². The molecule has 2 aromatic heterocycles. The zero-order valence-electron chi connectivity index (χ0n) is 11.9. The molecule has 1 saturated heterocycles. The normalized spacial score (nSPS) is 23.1. The maximum absolute atomic E-state index is 6.00. The second kappa shape index (κ2) is 6.24. The average Bonchev–Trinajstić information content (AvgIpc) is 3.11. The molecule has 2 N–H and O–H groups in total. The third kappa shape index (κ3) is 2.94. The molecule has 0 amide bonds. The van der Waals surface area contributed by atoms with Crippen LogP contribution in [-0.4, -0.2) is 27.9 Å². The summed E-state index contributed by atoms with van der Waals surface area (Å²) in [6.45, 7) is 2.73. The van der Waals surface area contributed by atoms with E-state index >= 15 is 0 Å². The summed E-state index contributed by atoms with van der Waals surface area (Å²) in [5, 5.41) is 7.80. The smallest absolute Gasteiger partial charge is 0.103 e. The third-order valence-corrected chi connectivity index (χ3v) is 3.99. The monoisotopic (exact) mass is 274 g/mol. The van der Waals surface area contributed by atoms with Gasteiger partial charge in [-0.15, -0.1) is 0 Å². The highest BCUT2D eigenvalue weighted by molar-refractivity contribution is 5.09. The van der Waals surface area contributed by atoms with Gasteiger partial charge < -0.3 is 15.0 Å². The van der Waals surface area contributed by atoms with Crippen LogP contribution in [0.2, 0.25) is 0 Å². The highest BCUT2D eigenvalue weighted by atomic mass is 16.5. The van der Waals surface area contributed by atoms with Gasteiger partial charge >= 0.3 is 0 Å². The number of aromatic nitrogens is 3. The van der Waals surface area contributed by atoms with Crippen LogP contribution in [0.5, 0.6) is 0 Å². The lowest BCUT2D eigenvalue weighted by Gasteiger charge is -2.32. The first-order valence-electron chi connectivity index (χ1n) is 7.26. The maximum Gasteiger partial charge on any atom is 0.103 e. The molecule has 0 saturated carbocycles. The van der Waals surface area contributed by atoms with Gasteiger partial charge in [-0.2, -0.15) is 5.10 Å². The van der Waals surface area contributed by atoms with Gasteiger partial charge in [0.15, 0.2) is 0 Å². The predicted octanol–water partition coefficient (Wildman–Crippen LogP) is 2.01. The lowest BCUT2D eigenvalue weighted by atomic mass is 9.92. The zero-order valence-corrected chi connectivity index (χ0v) is 11.9. The molecule has 108 valence electrons. The molecule has 0 aliphatic carbocycles. The molecule has 2 aromatic rings. The molecule has 1 fully saturated rings. The Morgan fingerprint density at radius 2 is 2.45 bits per heavy atom. The molecule has 0 unspecified atom stereocenters. The second-order valence-electron chi connectivity index (χ2n) is 5.42. The van der Waals surface area contributed by atoms with Gasteiger partial charge in [0.05, 0.1) is 5.69 Å². The maximum atomic E-state index is 6.00. The number of aromatic amines is 1. The molecule has 0 radical (unpaired) electrons. The number of nitrogens with one attached hydrogen (secondary N) is 2. The summed E-state index contributed by atoms with van der Waals surface area (Å²) in [5.41, 5.74) is 2.47. The fourth-order valence-electron chi connectivity index (χ4n) is 2.91. The van der Waals surface area contributed by atoms with Crippen LogP contribution in [-0.2, 0) is 18.3 Å². The van der Waals surface area contributed by atoms with Crippen LogP contribution in [0.25, 0.3) is 0 Å². The van der Waals surface area contributed by atoms with Gasteiger partial charge in [-0.05, 0) is 30.5 Å². The Labute approximate surface area is 119 Å². The zero-order chi connectivity index (χ0) is 13.8. The molecule has 3 rings (SSSR count). The van der Waals surface area contributed by atoms with E-state index in [2.05, 4.69) is 27.5 Å². The summed E-state index contributed by atoms with van der Waals surface area (Å²) in [6.07, 6.45) is 8.34. The molecule has 0 bridgehead atoms. The fraction of sp³-hybridized carbons (Fsp3) is 0.533. The van der Waals surface area contributed by atoms with Crippen molar-refractivity contribution in [3.8, 4) is 0 Å². The quantitative estimate of drug-likeness (QED) is 0.877. The van der Waals surface area contributed by atoms with Crippen molar-refractivity contribution in [1.29, 1.82) is 0 Å². The van der Waals surface area contributed by atoms with E-state index in [-0.39, 0.29) is 6.10 Å². The highest BCUT2D eigenvalue weighted by Gasteiger charge is 2.29. The molecular weight excluding hydrogens is 252 g/mol. The SMILES string of the molecule is Cn1nccc1[C@@H]1OCCC[C@H]1CNCc1cc[nH]c1. The Balaban J connectivity index is 1.59. The molecule has 1 aliphatic rings. The van der Waals surface area contributed by atoms with Gasteiger partial charge in [-0.3, -0.25) is 4.68 Å². The first-order valence-corrected chi connectivity index (χ1v) is 7.26. The lowest BCUT2D eigenvalue weighted by molar-refractivity contribution is -0.0323. The number of H-pyrrole nitrogens is 1. The first-order chi connectivity index (χ1) is 9.84. The van der Waals surface area contributed by atoms with Crippen LogP contribution in [0.15, 0.2) is 30.7 Å². The molecule has 0 aromatic carbocycles. The second-order valence-corrected chi connectivity index (χ2v) is 5.42. The van der Waals surface area contributed by atoms with Crippen molar-refractivity contribution in [2.75, 3.05) is 13.2 Å². The Morgan fingerprint density at radius 3 is 3.20 bits per heavy atom. The van der Waals surface area contributed by atoms with E-state index in [4.69, 9.17) is 4.74 Å². The average molecular weight is 274 g/mol. The van der Waals surface area contributed by atoms with Crippen molar-refractivity contribution in [2.24, 2.45) is 13.0 Å². The minimum atomic E-state index is 0.162. The van der Waals surface area contributed by atoms with Gasteiger partial charge in [-0.25, -0.2) is 0 Å². The van der Waals surface area contributed by atoms with E-state index in [0.717, 1.165) is 26.1 Å². The van der Waals surface area contributed by atoms with E-state index < -0.39 is 0 Å². The van der Waals surface area contributed by atoms with Crippen LogP contribution in [0, 0.1) is 5.92 Å². The van der Waals surface area contributed by atoms with Crippen molar-refractivity contribution >= 4 is 0 Å². The number of hydrogen-bond acceptors (Lipinski definition) is 3. The van der Waals surface area contributed by atoms with E-state index in [0.29, 0.717) is 5.92 Å². The van der Waals surface area contributed by atoms with Crippen molar-refractivity contribution in [2.45, 2.75) is 25.5 Å². The Morgan fingerprint density at radius 1 is 1.50 bits per heavy atom. The summed E-state index contributed by atoms with van der Waals surface area (Å²) < 4.78 is 7.92. The minimum absolute atomic E-state index is 0.162. The summed E-state index contributed by atoms with van der Waals surface area (Å²) >= 11 is 0. The molecule has 5 nitrogen and oxygen atoms in total. The van der Waals surface area contributed by atoms with Crippen molar-refractivity contribution in [3.05, 3.63) is 42.0 Å². The van der Waals surface area contributed by atoms with Crippen LogP contribution >= 0.6 is 0 Å². The van der Waals surface area contributed by atoms with Crippen molar-refractivity contribution in [1.82, 2.24) is 20.1 Å². The van der Waals surface area contributed by atoms with Crippen LogP contribution < -0.4 is 5.32 Å². The fourth-order valence-corrected chi connectivity index (χ4v) is 2.91. The van der Waals surface area contributed by atoms with E-state index in [9.17, 15) is 0 Å². The lowest BCUT2D eigenvalue weighted by Crippen LogP contribution is -2.32. The minimum Gasteiger partial charge on any atom is -0.372 e. The molecule has 3 heterocycles. The van der Waals surface area contributed by atoms with E-state index in [1.165, 1.54) is 17.7 Å². The van der Waals surface area contributed by atoms with Crippen LogP contribution in [0.1, 0.15) is 30.2 Å². The van der Waals surface area contributed by atoms with Crippen LogP contribution in [0.4, 0.5) is 0 Å². The Hall–Kier alpha value is -1.59. The van der Waals surface area contributed by atoms with Crippen molar-refractivity contribution in [3.63, 3.8) is 0 Å². The number of aryl methyl sites for hydroxylation is 1. The molecule has 2 atom stereocenters. The van der Waals surface area contributed by atoms with Gasteiger partial charge in [-0.1, -0.05) is 0 Å². The number of hydrogen-bond donors (Lipinski definition) is 2. The first kappa shape index (κ1) is 13.4. The Bertz CT molecular complexity index is 520. The number of nitrogens with zero attached hydrogens (tertiary/aromatic N) is 2. The van der Waals surface area contributed by atoms with E-state index in [1.54, 1.807) is 0 Å². The van der Waals surface area contributed by atoms with Gasteiger partial charge in [0.2, 0.25) is 0 Å². The van der Waals surface area contributed by atoms with Gasteiger partial charge in [0, 0.05) is 51.3 Å². The topological polar surface area (TPSA) is 54.9 Å². The van der Waals surface area contributed by atoms with E-state index in [1.807, 2.05) is 30.3 Å². The summed E-state index contributed by atoms with van der Waals surface area (Å²) in [7, 11) is 1.98. The third-order valence-electron chi connectivity index (χ3n) is 3.99. The van der Waals surface area contributed by atoms with Crippen molar-refractivity contribution < 1.29 is 4.74 Å². The predicted molar refractivity (Wildman–Crippen MR) is 77.1 cm³/mol. The number of ether oxygens (including phenoxy) is 1. The number of rotatable bonds is 5. The summed E-state index contributed by atoms with van der Waals surface area (Å²) in [6, 6.07) is 4.16. The molecule has 0 spiro atoms. The molecule has 5 heteroatoms. The van der Waals surface area contributed by atoms with Gasteiger partial charge in [0.1, 0.15) is 6.10 Å². The molecular formula is C15H22N4O. The summed E-state index contributed by atoms with van der Waals surface area (Å²) in [4.78, 5) is 3.08. The Kier molecular flexibility index (Phi) is 4.18. The van der Waals surface area contributed by atoms with Crippen LogP contribution in [0.3, 0.4) is 0 Å². The highest BCUT2D eigenvalue weighted by Crippen LogP contribution is 2.32. The summed E-state index contributed by atoms with van der Waals surface area (Å²) in [5.74, 6) is 0.512. The molecule has 1 aliphatic heterocycles.